The summed E-state index contributed by atoms with van der Waals surface area (Å²) in [4.78, 5) is 50.9. The summed E-state index contributed by atoms with van der Waals surface area (Å²) in [6.07, 6.45) is -0.930. The number of carboxylic acids is 1. The van der Waals surface area contributed by atoms with E-state index in [0.29, 0.717) is 29.7 Å². The molecule has 2 aliphatic heterocycles. The number of hydrogen-bond acceptors (Lipinski definition) is 9. The molecular formula is C33H37F3N8O4S. The van der Waals surface area contributed by atoms with Crippen molar-refractivity contribution in [3.8, 4) is 21.7 Å². The lowest BCUT2D eigenvalue weighted by Gasteiger charge is -2.29. The minimum atomic E-state index is -4.66. The molecule has 1 aromatic carbocycles. The summed E-state index contributed by atoms with van der Waals surface area (Å²) >= 11 is 0.781. The molecule has 2 fully saturated rings. The van der Waals surface area contributed by atoms with Crippen molar-refractivity contribution in [3.05, 3.63) is 63.5 Å². The number of aromatic nitrogens is 3. The van der Waals surface area contributed by atoms with Gasteiger partial charge in [-0.15, -0.1) is 11.3 Å². The lowest BCUT2D eigenvalue weighted by Crippen LogP contribution is -2.46. The first-order valence-corrected chi connectivity index (χ1v) is 17.0. The van der Waals surface area contributed by atoms with E-state index in [1.54, 1.807) is 25.1 Å². The lowest BCUT2D eigenvalue weighted by molar-refractivity contribution is -0.140. The standard InChI is InChI=1S/C33H37F3N8O4S/c1-2-38-32(48)41-28-14-22(30-40-27(19-49-30)33(34,35)36)24(15-39-28)21-3-4-26-23(13-21)29(45)25(31(46)47)18-44(26)17-20-5-8-43(16-20)12-11-42-9-6-37-7-10-42/h3-4,13-15,18-20,37H,2,5-12,16-17H2,1H3,(H,46,47)(H2,38,39,41,48). The van der Waals surface area contributed by atoms with Gasteiger partial charge in [-0.05, 0) is 49.6 Å². The van der Waals surface area contributed by atoms with Crippen LogP contribution in [0.15, 0.2) is 46.8 Å². The number of halogens is 3. The molecule has 4 aromatic rings. The number of benzene rings is 1. The van der Waals surface area contributed by atoms with Gasteiger partial charge in [-0.2, -0.15) is 13.2 Å². The van der Waals surface area contributed by atoms with Gasteiger partial charge in [0.1, 0.15) is 16.4 Å². The third-order valence-electron chi connectivity index (χ3n) is 8.90. The SMILES string of the molecule is CCNC(=O)Nc1cc(-c2nc(C(F)(F)F)cs2)c(-c2ccc3c(c2)c(=O)c(C(=O)O)cn3CC2CCN(CCN3CCNCC3)C2)cn1. The minimum Gasteiger partial charge on any atom is -0.477 e. The van der Waals surface area contributed by atoms with Gasteiger partial charge in [0.15, 0.2) is 5.69 Å². The molecule has 1 unspecified atom stereocenters. The molecule has 2 aliphatic rings. The zero-order chi connectivity index (χ0) is 34.7. The van der Waals surface area contributed by atoms with Crippen LogP contribution in [0.25, 0.3) is 32.6 Å². The maximum atomic E-state index is 13.5. The van der Waals surface area contributed by atoms with Crippen molar-refractivity contribution in [1.82, 2.24) is 35.0 Å². The Bertz CT molecular complexity index is 1910. The molecule has 6 rings (SSSR count). The van der Waals surface area contributed by atoms with Crippen LogP contribution < -0.4 is 21.4 Å². The maximum absolute atomic E-state index is 13.5. The summed E-state index contributed by atoms with van der Waals surface area (Å²) < 4.78 is 42.3. The van der Waals surface area contributed by atoms with E-state index < -0.39 is 29.3 Å². The van der Waals surface area contributed by atoms with Crippen LogP contribution in [-0.2, 0) is 12.7 Å². The number of carbonyl (C=O) groups is 2. The minimum absolute atomic E-state index is 0.0308. The van der Waals surface area contributed by atoms with E-state index in [4.69, 9.17) is 0 Å². The van der Waals surface area contributed by atoms with E-state index in [9.17, 15) is 32.7 Å². The van der Waals surface area contributed by atoms with Gasteiger partial charge in [0.05, 0.1) is 5.52 Å². The van der Waals surface area contributed by atoms with Crippen LogP contribution in [0.2, 0.25) is 0 Å². The van der Waals surface area contributed by atoms with Gasteiger partial charge in [0.2, 0.25) is 5.43 Å². The summed E-state index contributed by atoms with van der Waals surface area (Å²) in [5.41, 5.74) is -0.507. The van der Waals surface area contributed by atoms with Gasteiger partial charge in [-0.1, -0.05) is 6.07 Å². The van der Waals surface area contributed by atoms with E-state index >= 15 is 0 Å². The number of pyridine rings is 2. The monoisotopic (exact) mass is 698 g/mol. The molecule has 0 radical (unpaired) electrons. The number of carboxylic acid groups (broad SMARTS) is 1. The second-order valence-electron chi connectivity index (χ2n) is 12.2. The van der Waals surface area contributed by atoms with Crippen LogP contribution in [0.4, 0.5) is 23.8 Å². The summed E-state index contributed by atoms with van der Waals surface area (Å²) in [6.45, 7) is 10.4. The second-order valence-corrected chi connectivity index (χ2v) is 13.1. The second kappa shape index (κ2) is 14.6. The fourth-order valence-corrected chi connectivity index (χ4v) is 7.27. The van der Waals surface area contributed by atoms with Crippen molar-refractivity contribution in [2.45, 2.75) is 26.1 Å². The summed E-state index contributed by atoms with van der Waals surface area (Å²) in [5, 5.41) is 19.6. The number of rotatable bonds is 10. The average Bonchev–Trinajstić information content (AvgIpc) is 3.76. The molecule has 5 heterocycles. The molecule has 3 aromatic heterocycles. The molecule has 0 saturated carbocycles. The zero-order valence-electron chi connectivity index (χ0n) is 26.8. The fraction of sp³-hybridized carbons (Fsp3) is 0.424. The first-order valence-electron chi connectivity index (χ1n) is 16.1. The number of amides is 2. The van der Waals surface area contributed by atoms with Crippen molar-refractivity contribution in [1.29, 1.82) is 0 Å². The molecule has 0 spiro atoms. The summed E-state index contributed by atoms with van der Waals surface area (Å²) in [5.74, 6) is -1.01. The number of nitrogens with one attached hydrogen (secondary N) is 3. The van der Waals surface area contributed by atoms with Crippen LogP contribution in [0.3, 0.4) is 0 Å². The van der Waals surface area contributed by atoms with Gasteiger partial charge in [0.25, 0.3) is 0 Å². The molecule has 12 nitrogen and oxygen atoms in total. The van der Waals surface area contributed by atoms with Crippen LogP contribution in [-0.4, -0.2) is 100 Å². The summed E-state index contributed by atoms with van der Waals surface area (Å²) in [7, 11) is 0. The Morgan fingerprint density at radius 3 is 2.59 bits per heavy atom. The molecule has 16 heteroatoms. The van der Waals surface area contributed by atoms with Crippen LogP contribution in [0.1, 0.15) is 29.4 Å². The Morgan fingerprint density at radius 2 is 1.88 bits per heavy atom. The van der Waals surface area contributed by atoms with Gasteiger partial charge >= 0.3 is 18.2 Å². The van der Waals surface area contributed by atoms with E-state index in [0.717, 1.165) is 75.5 Å². The number of thiazole rings is 1. The molecular weight excluding hydrogens is 661 g/mol. The Hall–Kier alpha value is -4.38. The van der Waals surface area contributed by atoms with E-state index in [-0.39, 0.29) is 33.3 Å². The zero-order valence-corrected chi connectivity index (χ0v) is 27.7. The van der Waals surface area contributed by atoms with E-state index in [1.165, 1.54) is 18.5 Å². The van der Waals surface area contributed by atoms with Crippen LogP contribution >= 0.6 is 11.3 Å². The largest absolute Gasteiger partial charge is 0.477 e. The number of anilines is 1. The number of aromatic carboxylic acids is 1. The Balaban J connectivity index is 1.33. The van der Waals surface area contributed by atoms with Crippen molar-refractivity contribution < 1.29 is 27.9 Å². The molecule has 1 atom stereocenters. The third kappa shape index (κ3) is 7.93. The number of nitrogens with zero attached hydrogens (tertiary/aromatic N) is 5. The average molecular weight is 699 g/mol. The Kier molecular flexibility index (Phi) is 10.3. The highest BCUT2D eigenvalue weighted by Crippen LogP contribution is 2.39. The van der Waals surface area contributed by atoms with Crippen LogP contribution in [0, 0.1) is 5.92 Å². The first-order chi connectivity index (χ1) is 23.5. The van der Waals surface area contributed by atoms with Gasteiger partial charge in [-0.3, -0.25) is 15.0 Å². The highest BCUT2D eigenvalue weighted by Gasteiger charge is 2.34. The molecule has 2 amide bonds. The molecule has 260 valence electrons. The highest BCUT2D eigenvalue weighted by molar-refractivity contribution is 7.13. The first kappa shape index (κ1) is 34.5. The number of hydrogen-bond donors (Lipinski definition) is 4. The molecule has 2 saturated heterocycles. The molecule has 4 N–H and O–H groups in total. The Labute approximate surface area is 284 Å². The highest BCUT2D eigenvalue weighted by atomic mass is 32.1. The molecule has 0 aliphatic carbocycles. The predicted molar refractivity (Wildman–Crippen MR) is 181 cm³/mol. The fourth-order valence-electron chi connectivity index (χ4n) is 6.41. The van der Waals surface area contributed by atoms with Crippen molar-refractivity contribution in [2.24, 2.45) is 5.92 Å². The molecule has 49 heavy (non-hydrogen) atoms. The van der Waals surface area contributed by atoms with E-state index in [2.05, 4.69) is 35.7 Å². The van der Waals surface area contributed by atoms with Crippen molar-refractivity contribution >= 4 is 40.1 Å². The van der Waals surface area contributed by atoms with Crippen molar-refractivity contribution in [3.63, 3.8) is 0 Å². The van der Waals surface area contributed by atoms with Crippen LogP contribution in [0.5, 0.6) is 0 Å². The quantitative estimate of drug-likeness (QED) is 0.191. The van der Waals surface area contributed by atoms with E-state index in [1.807, 2.05) is 4.57 Å². The number of urea groups is 1. The Morgan fingerprint density at radius 1 is 1.10 bits per heavy atom. The van der Waals surface area contributed by atoms with Crippen molar-refractivity contribution in [2.75, 3.05) is 64.2 Å². The lowest BCUT2D eigenvalue weighted by atomic mass is 9.99. The third-order valence-corrected chi connectivity index (χ3v) is 9.77. The normalized spacial score (nSPS) is 17.4. The number of fused-ring (bicyclic) bond motifs is 1. The van der Waals surface area contributed by atoms with Gasteiger partial charge < -0.3 is 25.2 Å². The predicted octanol–water partition coefficient (Wildman–Crippen LogP) is 4.27. The number of alkyl halides is 3. The van der Waals surface area contributed by atoms with Gasteiger partial charge in [0, 0.05) is 93.2 Å². The molecule has 0 bridgehead atoms. The number of likely N-dealkylation sites (tertiary alicyclic amines) is 1. The number of carbonyl (C=O) groups excluding carboxylic acids is 1. The topological polar surface area (TPSA) is 145 Å². The maximum Gasteiger partial charge on any atom is 0.434 e. The van der Waals surface area contributed by atoms with Gasteiger partial charge in [-0.25, -0.2) is 19.6 Å². The smallest absolute Gasteiger partial charge is 0.434 e. The summed E-state index contributed by atoms with van der Waals surface area (Å²) in [6, 6.07) is 5.88. The number of piperazine rings is 1.